The number of nitrogens with one attached hydrogen (secondary N) is 1. The van der Waals surface area contributed by atoms with E-state index in [1.54, 1.807) is 0 Å². The number of carbonyl (C=O) groups is 1. The number of hydrogen-bond donors (Lipinski definition) is 1. The molecule has 0 saturated carbocycles. The minimum Gasteiger partial charge on any atom is -0.338 e. The number of nitrogens with zero attached hydrogens (tertiary/aromatic N) is 1. The summed E-state index contributed by atoms with van der Waals surface area (Å²) in [5.74, 6) is 0.229. The van der Waals surface area contributed by atoms with Gasteiger partial charge in [-0.1, -0.05) is 29.8 Å². The predicted octanol–water partition coefficient (Wildman–Crippen LogP) is 1.75. The highest BCUT2D eigenvalue weighted by Crippen LogP contribution is 2.21. The molecule has 1 aromatic rings. The van der Waals surface area contributed by atoms with Gasteiger partial charge in [0.15, 0.2) is 0 Å². The van der Waals surface area contributed by atoms with Crippen molar-refractivity contribution in [3.63, 3.8) is 0 Å². The molecule has 0 aliphatic carbocycles. The Morgan fingerprint density at radius 3 is 2.78 bits per heavy atom. The summed E-state index contributed by atoms with van der Waals surface area (Å²) in [6, 6.07) is 9.02. The molecule has 0 unspecified atom stereocenters. The van der Waals surface area contributed by atoms with Crippen LogP contribution in [0.2, 0.25) is 0 Å². The number of carbonyl (C=O) groups excluding carboxylic acids is 1. The topological polar surface area (TPSA) is 32.3 Å². The van der Waals surface area contributed by atoms with Gasteiger partial charge in [0, 0.05) is 12.6 Å². The van der Waals surface area contributed by atoms with Gasteiger partial charge in [0.05, 0.1) is 6.54 Å². The van der Waals surface area contributed by atoms with Crippen LogP contribution in [0.15, 0.2) is 24.3 Å². The molecule has 1 saturated heterocycles. The summed E-state index contributed by atoms with van der Waals surface area (Å²) in [6.07, 6.45) is 3.24. The standard InChI is InChI=1S/C15H22N2O/c1-12-5-7-13(8-6-12)10-14-4-3-9-17(14)15(18)11-16-2/h5-8,14,16H,3-4,9-11H2,1-2H3/t14-/m1/s1. The van der Waals surface area contributed by atoms with Gasteiger partial charge in [0.1, 0.15) is 0 Å². The Morgan fingerprint density at radius 2 is 2.11 bits per heavy atom. The van der Waals surface area contributed by atoms with Crippen molar-refractivity contribution < 1.29 is 4.79 Å². The Hall–Kier alpha value is -1.35. The van der Waals surface area contributed by atoms with Gasteiger partial charge in [-0.2, -0.15) is 0 Å². The maximum atomic E-state index is 12.0. The van der Waals surface area contributed by atoms with Gasteiger partial charge in [-0.05, 0) is 38.8 Å². The maximum Gasteiger partial charge on any atom is 0.236 e. The Kier molecular flexibility index (Phi) is 4.37. The molecule has 2 rings (SSSR count). The third-order valence-corrected chi connectivity index (χ3v) is 3.62. The fourth-order valence-electron chi connectivity index (χ4n) is 2.63. The average Bonchev–Trinajstić information content (AvgIpc) is 2.81. The largest absolute Gasteiger partial charge is 0.338 e. The number of amides is 1. The molecule has 1 aliphatic heterocycles. The summed E-state index contributed by atoms with van der Waals surface area (Å²) in [5.41, 5.74) is 2.61. The zero-order valence-electron chi connectivity index (χ0n) is 11.3. The van der Waals surface area contributed by atoms with Crippen LogP contribution in [0.4, 0.5) is 0 Å². The molecule has 1 aromatic carbocycles. The first-order valence-corrected chi connectivity index (χ1v) is 6.70. The van der Waals surface area contributed by atoms with Crippen LogP contribution in [0.5, 0.6) is 0 Å². The van der Waals surface area contributed by atoms with Gasteiger partial charge in [0.2, 0.25) is 5.91 Å². The Bertz CT molecular complexity index is 399. The van der Waals surface area contributed by atoms with Crippen molar-refractivity contribution in [1.82, 2.24) is 10.2 Å². The van der Waals surface area contributed by atoms with Crippen molar-refractivity contribution in [2.75, 3.05) is 20.1 Å². The third-order valence-electron chi connectivity index (χ3n) is 3.62. The molecule has 3 heteroatoms. The highest BCUT2D eigenvalue weighted by atomic mass is 16.2. The second-order valence-corrected chi connectivity index (χ2v) is 5.10. The summed E-state index contributed by atoms with van der Waals surface area (Å²) in [5, 5.41) is 2.95. The van der Waals surface area contributed by atoms with E-state index in [0.717, 1.165) is 25.8 Å². The first-order valence-electron chi connectivity index (χ1n) is 6.70. The number of likely N-dealkylation sites (N-methyl/N-ethyl adjacent to an activating group) is 1. The molecular weight excluding hydrogens is 224 g/mol. The minimum absolute atomic E-state index is 0.229. The SMILES string of the molecule is CNCC(=O)N1CCC[C@@H]1Cc1ccc(C)cc1. The van der Waals surface area contributed by atoms with Gasteiger partial charge < -0.3 is 10.2 Å². The number of aryl methyl sites for hydroxylation is 1. The van der Waals surface area contributed by atoms with Crippen molar-refractivity contribution in [3.8, 4) is 0 Å². The zero-order chi connectivity index (χ0) is 13.0. The molecule has 1 heterocycles. The van der Waals surface area contributed by atoms with Crippen molar-refractivity contribution in [2.24, 2.45) is 0 Å². The average molecular weight is 246 g/mol. The zero-order valence-corrected chi connectivity index (χ0v) is 11.3. The lowest BCUT2D eigenvalue weighted by Crippen LogP contribution is -2.41. The van der Waals surface area contributed by atoms with E-state index in [4.69, 9.17) is 0 Å². The monoisotopic (exact) mass is 246 g/mol. The van der Waals surface area contributed by atoms with Crippen molar-refractivity contribution in [1.29, 1.82) is 0 Å². The van der Waals surface area contributed by atoms with Crippen LogP contribution in [0, 0.1) is 6.92 Å². The lowest BCUT2D eigenvalue weighted by molar-refractivity contribution is -0.130. The van der Waals surface area contributed by atoms with Gasteiger partial charge in [-0.25, -0.2) is 0 Å². The Labute approximate surface area is 109 Å². The highest BCUT2D eigenvalue weighted by Gasteiger charge is 2.27. The van der Waals surface area contributed by atoms with Gasteiger partial charge >= 0.3 is 0 Å². The van der Waals surface area contributed by atoms with Crippen molar-refractivity contribution in [3.05, 3.63) is 35.4 Å². The van der Waals surface area contributed by atoms with Crippen LogP contribution in [0.1, 0.15) is 24.0 Å². The van der Waals surface area contributed by atoms with E-state index in [9.17, 15) is 4.79 Å². The molecule has 98 valence electrons. The second kappa shape index (κ2) is 6.01. The lowest BCUT2D eigenvalue weighted by atomic mass is 10.0. The van der Waals surface area contributed by atoms with E-state index in [0.29, 0.717) is 12.6 Å². The van der Waals surface area contributed by atoms with Crippen LogP contribution in [0.3, 0.4) is 0 Å². The first kappa shape index (κ1) is 13.1. The normalized spacial score (nSPS) is 19.2. The summed E-state index contributed by atoms with van der Waals surface area (Å²) in [6.45, 7) is 3.46. The first-order chi connectivity index (χ1) is 8.70. The molecule has 0 spiro atoms. The van der Waals surface area contributed by atoms with Gasteiger partial charge in [-0.15, -0.1) is 0 Å². The van der Waals surface area contributed by atoms with Crippen LogP contribution in [-0.4, -0.2) is 37.0 Å². The number of likely N-dealkylation sites (tertiary alicyclic amines) is 1. The third kappa shape index (κ3) is 3.10. The maximum absolute atomic E-state index is 12.0. The van der Waals surface area contributed by atoms with E-state index >= 15 is 0 Å². The molecule has 3 nitrogen and oxygen atoms in total. The summed E-state index contributed by atoms with van der Waals surface area (Å²) < 4.78 is 0. The van der Waals surface area contributed by atoms with Crippen molar-refractivity contribution in [2.45, 2.75) is 32.2 Å². The summed E-state index contributed by atoms with van der Waals surface area (Å²) in [7, 11) is 1.82. The van der Waals surface area contributed by atoms with Gasteiger partial charge in [0.25, 0.3) is 0 Å². The predicted molar refractivity (Wildman–Crippen MR) is 73.5 cm³/mol. The molecule has 1 atom stereocenters. The van der Waals surface area contributed by atoms with Gasteiger partial charge in [-0.3, -0.25) is 4.79 Å². The molecule has 1 fully saturated rings. The molecule has 18 heavy (non-hydrogen) atoms. The second-order valence-electron chi connectivity index (χ2n) is 5.10. The fraction of sp³-hybridized carbons (Fsp3) is 0.533. The van der Waals surface area contributed by atoms with E-state index < -0.39 is 0 Å². The fourth-order valence-corrected chi connectivity index (χ4v) is 2.63. The van der Waals surface area contributed by atoms with E-state index in [2.05, 4.69) is 36.5 Å². The molecule has 0 aromatic heterocycles. The molecule has 0 radical (unpaired) electrons. The lowest BCUT2D eigenvalue weighted by Gasteiger charge is -2.24. The molecule has 1 aliphatic rings. The molecule has 1 N–H and O–H groups in total. The smallest absolute Gasteiger partial charge is 0.236 e. The van der Waals surface area contributed by atoms with E-state index in [1.807, 2.05) is 11.9 Å². The molecular formula is C15H22N2O. The number of hydrogen-bond acceptors (Lipinski definition) is 2. The van der Waals surface area contributed by atoms with Crippen LogP contribution >= 0.6 is 0 Å². The summed E-state index contributed by atoms with van der Waals surface area (Å²) in [4.78, 5) is 14.0. The molecule has 0 bridgehead atoms. The summed E-state index contributed by atoms with van der Waals surface area (Å²) >= 11 is 0. The quantitative estimate of drug-likeness (QED) is 0.878. The Morgan fingerprint density at radius 1 is 1.39 bits per heavy atom. The van der Waals surface area contributed by atoms with E-state index in [1.165, 1.54) is 11.1 Å². The number of benzene rings is 1. The minimum atomic E-state index is 0.229. The van der Waals surface area contributed by atoms with Crippen LogP contribution in [0.25, 0.3) is 0 Å². The van der Waals surface area contributed by atoms with Crippen molar-refractivity contribution >= 4 is 5.91 Å². The number of rotatable bonds is 4. The molecule has 1 amide bonds. The van der Waals surface area contributed by atoms with Crippen LogP contribution in [-0.2, 0) is 11.2 Å². The van der Waals surface area contributed by atoms with Crippen LogP contribution < -0.4 is 5.32 Å². The Balaban J connectivity index is 1.99. The van der Waals surface area contributed by atoms with E-state index in [-0.39, 0.29) is 5.91 Å². The highest BCUT2D eigenvalue weighted by molar-refractivity contribution is 5.78.